The van der Waals surface area contributed by atoms with Crippen molar-refractivity contribution in [3.8, 4) is 0 Å². The summed E-state index contributed by atoms with van der Waals surface area (Å²) in [4.78, 5) is 39.0. The molecule has 0 aromatic rings. The van der Waals surface area contributed by atoms with E-state index in [-0.39, 0.29) is 24.3 Å². The van der Waals surface area contributed by atoms with Crippen molar-refractivity contribution >= 4 is 24.2 Å². The van der Waals surface area contributed by atoms with Crippen LogP contribution in [0, 0.1) is 11.3 Å². The van der Waals surface area contributed by atoms with E-state index >= 15 is 0 Å². The minimum Gasteiger partial charge on any atom is -0.456 e. The summed E-state index contributed by atoms with van der Waals surface area (Å²) in [7, 11) is 0. The van der Waals surface area contributed by atoms with Crippen molar-refractivity contribution in [2.75, 3.05) is 13.2 Å². The first-order valence-electron chi connectivity index (χ1n) is 10.6. The zero-order chi connectivity index (χ0) is 26.3. The Morgan fingerprint density at radius 1 is 1.06 bits per heavy atom. The summed E-state index contributed by atoms with van der Waals surface area (Å²) in [5, 5.41) is 2.59. The Bertz CT molecular complexity index is 742. The van der Waals surface area contributed by atoms with Crippen molar-refractivity contribution in [3.05, 3.63) is 0 Å². The second kappa shape index (κ2) is 12.3. The summed E-state index contributed by atoms with van der Waals surface area (Å²) < 4.78 is 62.7. The molecule has 0 saturated carbocycles. The van der Waals surface area contributed by atoms with Gasteiger partial charge in [-0.05, 0) is 11.3 Å². The van der Waals surface area contributed by atoms with Crippen LogP contribution in [0.4, 0.5) is 13.2 Å². The number of nitrogens with zero attached hydrogens (tertiary/aromatic N) is 1. The molecule has 0 aromatic carbocycles. The minimum absolute atomic E-state index is 0.170. The van der Waals surface area contributed by atoms with Gasteiger partial charge in [-0.15, -0.1) is 13.2 Å². The number of hydrogen-bond acceptors (Lipinski definition) is 9. The van der Waals surface area contributed by atoms with Crippen LogP contribution in [0.5, 0.6) is 0 Å². The van der Waals surface area contributed by atoms with Gasteiger partial charge in [-0.1, -0.05) is 27.7 Å². The Kier molecular flexibility index (Phi) is 10.8. The quantitative estimate of drug-likeness (QED) is 0.277. The van der Waals surface area contributed by atoms with Crippen LogP contribution in [0.25, 0.3) is 0 Å². The fraction of sp³-hybridized carbons (Fsp3) is 0.810. The normalized spacial score (nSPS) is 25.8. The molecular weight excluding hydrogens is 465 g/mol. The summed E-state index contributed by atoms with van der Waals surface area (Å²) in [5.41, 5.74) is -0.317. The van der Waals surface area contributed by atoms with Gasteiger partial charge >= 0.3 is 18.3 Å². The molecule has 1 rings (SSSR count). The number of halogens is 3. The van der Waals surface area contributed by atoms with Crippen LogP contribution in [-0.2, 0) is 38.1 Å². The lowest BCUT2D eigenvalue weighted by Gasteiger charge is -2.45. The highest BCUT2D eigenvalue weighted by Crippen LogP contribution is 2.31. The summed E-state index contributed by atoms with van der Waals surface area (Å²) in [6.07, 6.45) is -9.70. The predicted molar refractivity (Wildman–Crippen MR) is 112 cm³/mol. The van der Waals surface area contributed by atoms with Crippen LogP contribution in [-0.4, -0.2) is 74.4 Å². The lowest BCUT2D eigenvalue weighted by Crippen LogP contribution is -2.66. The minimum atomic E-state index is -4.93. The highest BCUT2D eigenvalue weighted by molar-refractivity contribution is 5.73. The third-order valence-corrected chi connectivity index (χ3v) is 5.35. The van der Waals surface area contributed by atoms with E-state index in [4.69, 9.17) is 18.9 Å². The van der Waals surface area contributed by atoms with E-state index in [0.717, 1.165) is 13.8 Å². The van der Waals surface area contributed by atoms with Gasteiger partial charge in [0.25, 0.3) is 0 Å². The van der Waals surface area contributed by atoms with Gasteiger partial charge in [-0.2, -0.15) is 0 Å². The summed E-state index contributed by atoms with van der Waals surface area (Å²) in [6.45, 7) is 11.1. The van der Waals surface area contributed by atoms with Crippen molar-refractivity contribution in [1.29, 1.82) is 0 Å². The zero-order valence-corrected chi connectivity index (χ0v) is 20.3. The number of hydrogen-bond donors (Lipinski definition) is 1. The Morgan fingerprint density at radius 3 is 2.09 bits per heavy atom. The van der Waals surface area contributed by atoms with Gasteiger partial charge in [0.1, 0.15) is 12.1 Å². The van der Waals surface area contributed by atoms with Crippen molar-refractivity contribution in [1.82, 2.24) is 5.32 Å². The molecule has 0 radical (unpaired) electrons. The number of ether oxygens (including phenoxy) is 5. The molecule has 1 fully saturated rings. The number of amides is 1. The van der Waals surface area contributed by atoms with E-state index in [1.165, 1.54) is 6.92 Å². The van der Waals surface area contributed by atoms with Crippen molar-refractivity contribution in [2.24, 2.45) is 16.3 Å². The average molecular weight is 498 g/mol. The van der Waals surface area contributed by atoms with Crippen LogP contribution in [0.1, 0.15) is 48.5 Å². The second-order valence-corrected chi connectivity index (χ2v) is 8.91. The van der Waals surface area contributed by atoms with Crippen molar-refractivity contribution in [2.45, 2.75) is 85.5 Å². The Morgan fingerprint density at radius 2 is 1.62 bits per heavy atom. The van der Waals surface area contributed by atoms with Gasteiger partial charge in [0, 0.05) is 20.8 Å². The maximum atomic E-state index is 12.3. The van der Waals surface area contributed by atoms with E-state index in [1.54, 1.807) is 0 Å². The third-order valence-electron chi connectivity index (χ3n) is 5.35. The smallest absolute Gasteiger partial charge is 0.456 e. The molecular formula is C21H33F3N2O8. The molecule has 0 bridgehead atoms. The lowest BCUT2D eigenvalue weighted by atomic mass is 9.82. The van der Waals surface area contributed by atoms with E-state index in [9.17, 15) is 27.6 Å². The molecule has 13 heteroatoms. The average Bonchev–Trinajstić information content (AvgIpc) is 2.66. The molecule has 0 aromatic heterocycles. The SMILES string of the molecule is CC(=O)NC1C(OCC(C)(C)C(C)C)OC(CN=COC(F)(F)F)C(OC(C)=O)C1OC(C)=O. The lowest BCUT2D eigenvalue weighted by molar-refractivity contribution is -0.281. The fourth-order valence-corrected chi connectivity index (χ4v) is 2.95. The fourth-order valence-electron chi connectivity index (χ4n) is 2.95. The van der Waals surface area contributed by atoms with Gasteiger partial charge in [-0.3, -0.25) is 19.4 Å². The first kappa shape index (κ1) is 29.6. The molecule has 5 unspecified atom stereocenters. The molecule has 196 valence electrons. The monoisotopic (exact) mass is 498 g/mol. The van der Waals surface area contributed by atoms with Crippen molar-refractivity contribution < 1.29 is 51.2 Å². The molecule has 1 aliphatic heterocycles. The molecule has 0 aliphatic carbocycles. The van der Waals surface area contributed by atoms with Crippen LogP contribution >= 0.6 is 0 Å². The van der Waals surface area contributed by atoms with Gasteiger partial charge in [0.15, 0.2) is 24.9 Å². The largest absolute Gasteiger partial charge is 0.573 e. The van der Waals surface area contributed by atoms with E-state index < -0.39 is 61.4 Å². The van der Waals surface area contributed by atoms with E-state index in [0.29, 0.717) is 0 Å². The molecule has 10 nitrogen and oxygen atoms in total. The van der Waals surface area contributed by atoms with Gasteiger partial charge < -0.3 is 29.0 Å². The highest BCUT2D eigenvalue weighted by Gasteiger charge is 2.51. The molecule has 34 heavy (non-hydrogen) atoms. The molecule has 5 atom stereocenters. The number of rotatable bonds is 10. The Labute approximate surface area is 196 Å². The Hall–Kier alpha value is -2.41. The first-order valence-corrected chi connectivity index (χ1v) is 10.6. The number of carbonyl (C=O) groups is 3. The maximum absolute atomic E-state index is 12.3. The standard InChI is InChI=1S/C21H33F3N2O8/c1-11(2)20(6,7)9-30-19-16(26-12(3)27)18(33-14(5)29)17(32-13(4)28)15(34-19)8-25-10-31-21(22,23)24/h10-11,15-19H,8-9H2,1-7H3,(H,26,27). The molecule has 1 amide bonds. The topological polar surface area (TPSA) is 122 Å². The zero-order valence-electron chi connectivity index (χ0n) is 20.3. The number of aliphatic imine (C=N–C) groups is 1. The first-order chi connectivity index (χ1) is 15.5. The van der Waals surface area contributed by atoms with Gasteiger partial charge in [0.05, 0.1) is 13.2 Å². The van der Waals surface area contributed by atoms with Crippen molar-refractivity contribution in [3.63, 3.8) is 0 Å². The maximum Gasteiger partial charge on any atom is 0.573 e. The summed E-state index contributed by atoms with van der Waals surface area (Å²) >= 11 is 0. The number of alkyl halides is 3. The molecule has 1 aliphatic rings. The van der Waals surface area contributed by atoms with Gasteiger partial charge in [0.2, 0.25) is 5.91 Å². The van der Waals surface area contributed by atoms with E-state index in [2.05, 4.69) is 15.0 Å². The Balaban J connectivity index is 3.31. The van der Waals surface area contributed by atoms with Crippen LogP contribution in [0.2, 0.25) is 0 Å². The molecule has 1 saturated heterocycles. The number of carbonyl (C=O) groups excluding carboxylic acids is 3. The molecule has 0 spiro atoms. The van der Waals surface area contributed by atoms with Crippen LogP contribution < -0.4 is 5.32 Å². The summed E-state index contributed by atoms with van der Waals surface area (Å²) in [5.74, 6) is -1.82. The summed E-state index contributed by atoms with van der Waals surface area (Å²) in [6, 6.07) is -1.08. The van der Waals surface area contributed by atoms with Gasteiger partial charge in [-0.25, -0.2) is 0 Å². The van der Waals surface area contributed by atoms with Crippen LogP contribution in [0.3, 0.4) is 0 Å². The molecule has 1 N–H and O–H groups in total. The second-order valence-electron chi connectivity index (χ2n) is 8.91. The highest BCUT2D eigenvalue weighted by atomic mass is 19.4. The van der Waals surface area contributed by atoms with Crippen LogP contribution in [0.15, 0.2) is 4.99 Å². The molecule has 1 heterocycles. The van der Waals surface area contributed by atoms with E-state index in [1.807, 2.05) is 27.7 Å². The third kappa shape index (κ3) is 9.84. The predicted octanol–water partition coefficient (Wildman–Crippen LogP) is 2.34. The number of nitrogens with one attached hydrogen (secondary N) is 1. The number of esters is 2.